The summed E-state index contributed by atoms with van der Waals surface area (Å²) in [5.74, 6) is 4.57. The second-order valence-corrected chi connectivity index (χ2v) is 9.87. The fraction of sp³-hybridized carbons (Fsp3) is 0.720. The third kappa shape index (κ3) is 10.1. The molecule has 4 atom stereocenters. The summed E-state index contributed by atoms with van der Waals surface area (Å²) >= 11 is 0. The van der Waals surface area contributed by atoms with Gasteiger partial charge in [-0.2, -0.15) is 0 Å². The zero-order valence-corrected chi connectivity index (χ0v) is 21.0. The topological polar surface area (TPSA) is 177 Å². The van der Waals surface area contributed by atoms with E-state index < -0.39 is 48.4 Å². The van der Waals surface area contributed by atoms with Gasteiger partial charge in [0.2, 0.25) is 17.7 Å². The first-order valence-electron chi connectivity index (χ1n) is 12.6. The van der Waals surface area contributed by atoms with E-state index in [4.69, 9.17) is 15.6 Å². The number of rotatable bonds is 14. The second kappa shape index (κ2) is 14.3. The number of hydrogen-bond donors (Lipinski definition) is 5. The monoisotopic (exact) mass is 506 g/mol. The molecule has 2 aliphatic rings. The molecule has 0 aromatic rings. The SMILES string of the molecule is CC(C)CCC(NC(=O)OCC1C2CCC#CCCC21)C(=O)NC(CCC(N)=O)C(=O)NCC(=O)O. The van der Waals surface area contributed by atoms with E-state index in [9.17, 15) is 24.0 Å². The summed E-state index contributed by atoms with van der Waals surface area (Å²) in [5.41, 5.74) is 5.17. The molecule has 11 nitrogen and oxygen atoms in total. The molecule has 0 spiro atoms. The third-order valence-corrected chi connectivity index (χ3v) is 6.61. The van der Waals surface area contributed by atoms with E-state index in [2.05, 4.69) is 27.8 Å². The van der Waals surface area contributed by atoms with Gasteiger partial charge in [-0.3, -0.25) is 19.2 Å². The van der Waals surface area contributed by atoms with Gasteiger partial charge in [-0.25, -0.2) is 4.79 Å². The third-order valence-electron chi connectivity index (χ3n) is 6.61. The predicted molar refractivity (Wildman–Crippen MR) is 130 cm³/mol. The van der Waals surface area contributed by atoms with Crippen molar-refractivity contribution in [2.24, 2.45) is 29.4 Å². The molecule has 0 aliphatic heterocycles. The molecule has 2 rings (SSSR count). The van der Waals surface area contributed by atoms with Crippen molar-refractivity contribution >= 4 is 29.8 Å². The van der Waals surface area contributed by atoms with E-state index in [1.54, 1.807) is 0 Å². The zero-order valence-electron chi connectivity index (χ0n) is 21.0. The maximum Gasteiger partial charge on any atom is 0.407 e. The van der Waals surface area contributed by atoms with Crippen LogP contribution in [-0.4, -0.2) is 60.1 Å². The molecule has 0 heterocycles. The van der Waals surface area contributed by atoms with E-state index in [-0.39, 0.29) is 25.4 Å². The van der Waals surface area contributed by atoms with Crippen molar-refractivity contribution in [3.63, 3.8) is 0 Å². The summed E-state index contributed by atoms with van der Waals surface area (Å²) in [6.07, 6.45) is 3.66. The van der Waals surface area contributed by atoms with Crippen LogP contribution >= 0.6 is 0 Å². The Labute approximate surface area is 211 Å². The van der Waals surface area contributed by atoms with Crippen LogP contribution in [0.5, 0.6) is 0 Å². The quantitative estimate of drug-likeness (QED) is 0.217. The molecule has 0 radical (unpaired) electrons. The normalized spacial score (nSPS) is 21.8. The molecular formula is C25H38N4O7. The van der Waals surface area contributed by atoms with Crippen LogP contribution in [0.25, 0.3) is 0 Å². The number of alkyl carbamates (subject to hydrolysis) is 1. The van der Waals surface area contributed by atoms with Crippen LogP contribution in [0.1, 0.15) is 65.2 Å². The Morgan fingerprint density at radius 2 is 1.56 bits per heavy atom. The lowest BCUT2D eigenvalue weighted by Gasteiger charge is -2.23. The van der Waals surface area contributed by atoms with Crippen molar-refractivity contribution in [1.82, 2.24) is 16.0 Å². The molecule has 200 valence electrons. The van der Waals surface area contributed by atoms with Crippen molar-refractivity contribution in [3.8, 4) is 11.8 Å². The Morgan fingerprint density at radius 1 is 0.944 bits per heavy atom. The number of nitrogens with two attached hydrogens (primary N) is 1. The number of amides is 4. The molecule has 4 amide bonds. The van der Waals surface area contributed by atoms with Gasteiger partial charge in [0.05, 0.1) is 6.61 Å². The highest BCUT2D eigenvalue weighted by atomic mass is 16.5. The highest BCUT2D eigenvalue weighted by Gasteiger charge is 2.49. The first-order valence-corrected chi connectivity index (χ1v) is 12.6. The number of ether oxygens (including phenoxy) is 1. The molecule has 0 aromatic carbocycles. The minimum atomic E-state index is -1.25. The number of fused-ring (bicyclic) bond motifs is 1. The summed E-state index contributed by atoms with van der Waals surface area (Å²) in [6, 6.07) is -2.15. The molecular weight excluding hydrogens is 468 g/mol. The van der Waals surface area contributed by atoms with Crippen LogP contribution in [0.2, 0.25) is 0 Å². The lowest BCUT2D eigenvalue weighted by atomic mass is 10.0. The maximum atomic E-state index is 13.0. The van der Waals surface area contributed by atoms with E-state index >= 15 is 0 Å². The van der Waals surface area contributed by atoms with Crippen LogP contribution in [0.3, 0.4) is 0 Å². The van der Waals surface area contributed by atoms with E-state index in [1.807, 2.05) is 13.8 Å². The minimum Gasteiger partial charge on any atom is -0.480 e. The summed E-state index contributed by atoms with van der Waals surface area (Å²) in [6.45, 7) is 3.59. The number of carboxylic acids is 1. The highest BCUT2D eigenvalue weighted by Crippen LogP contribution is 2.52. The molecule has 0 saturated heterocycles. The van der Waals surface area contributed by atoms with Crippen molar-refractivity contribution < 1.29 is 33.8 Å². The number of carbonyl (C=O) groups is 5. The van der Waals surface area contributed by atoms with E-state index in [0.717, 1.165) is 25.7 Å². The minimum absolute atomic E-state index is 0.109. The van der Waals surface area contributed by atoms with Gasteiger partial charge in [0, 0.05) is 19.3 Å². The molecule has 0 bridgehead atoms. The molecule has 4 unspecified atom stereocenters. The summed E-state index contributed by atoms with van der Waals surface area (Å²) < 4.78 is 5.45. The van der Waals surface area contributed by atoms with Gasteiger partial charge in [-0.05, 0) is 55.8 Å². The molecule has 6 N–H and O–H groups in total. The van der Waals surface area contributed by atoms with Crippen LogP contribution in [0, 0.1) is 35.5 Å². The Morgan fingerprint density at radius 3 is 2.11 bits per heavy atom. The zero-order chi connectivity index (χ0) is 26.7. The molecule has 1 fully saturated rings. The van der Waals surface area contributed by atoms with E-state index in [0.29, 0.717) is 30.6 Å². The Balaban J connectivity index is 1.95. The van der Waals surface area contributed by atoms with Crippen LogP contribution in [0.4, 0.5) is 4.79 Å². The lowest BCUT2D eigenvalue weighted by Crippen LogP contribution is -2.54. The summed E-state index contributed by atoms with van der Waals surface area (Å²) in [4.78, 5) is 59.9. The van der Waals surface area contributed by atoms with Gasteiger partial charge in [-0.1, -0.05) is 13.8 Å². The van der Waals surface area contributed by atoms with Crippen molar-refractivity contribution in [3.05, 3.63) is 0 Å². The summed E-state index contributed by atoms with van der Waals surface area (Å²) in [5, 5.41) is 16.1. The van der Waals surface area contributed by atoms with Gasteiger partial charge in [0.25, 0.3) is 0 Å². The first-order chi connectivity index (χ1) is 17.1. The molecule has 11 heteroatoms. The number of nitrogens with one attached hydrogen (secondary N) is 3. The fourth-order valence-electron chi connectivity index (χ4n) is 4.52. The van der Waals surface area contributed by atoms with Gasteiger partial charge in [0.1, 0.15) is 18.6 Å². The Bertz CT molecular complexity index is 861. The maximum absolute atomic E-state index is 13.0. The molecule has 0 aromatic heterocycles. The van der Waals surface area contributed by atoms with Crippen LogP contribution in [-0.2, 0) is 23.9 Å². The number of primary amides is 1. The van der Waals surface area contributed by atoms with Crippen molar-refractivity contribution in [2.75, 3.05) is 13.2 Å². The second-order valence-electron chi connectivity index (χ2n) is 9.87. The highest BCUT2D eigenvalue weighted by molar-refractivity contribution is 5.92. The average molecular weight is 507 g/mol. The molecule has 2 aliphatic carbocycles. The standard InChI is InChI=1S/C25H38N4O7/c1-15(2)9-10-20(24(34)28-19(11-12-21(26)30)23(33)27-13-22(31)32)29-25(35)36-14-18-16-7-5-3-4-6-8-17(16)18/h15-20H,5-14H2,1-2H3,(H2,26,30)(H,27,33)(H,28,34)(H,29,35)(H,31,32). The number of hydrogen-bond acceptors (Lipinski definition) is 6. The number of carbonyl (C=O) groups excluding carboxylic acids is 4. The van der Waals surface area contributed by atoms with Crippen molar-refractivity contribution in [2.45, 2.75) is 77.3 Å². The molecule has 1 saturated carbocycles. The Hall–Kier alpha value is -3.29. The van der Waals surface area contributed by atoms with Crippen LogP contribution < -0.4 is 21.7 Å². The largest absolute Gasteiger partial charge is 0.480 e. The van der Waals surface area contributed by atoms with E-state index in [1.165, 1.54) is 0 Å². The van der Waals surface area contributed by atoms with Gasteiger partial charge >= 0.3 is 12.1 Å². The van der Waals surface area contributed by atoms with Crippen LogP contribution in [0.15, 0.2) is 0 Å². The van der Waals surface area contributed by atoms with Gasteiger partial charge in [0.15, 0.2) is 0 Å². The predicted octanol–water partition coefficient (Wildman–Crippen LogP) is 0.908. The van der Waals surface area contributed by atoms with Gasteiger partial charge in [-0.15, -0.1) is 11.8 Å². The van der Waals surface area contributed by atoms with Gasteiger partial charge < -0.3 is 31.5 Å². The van der Waals surface area contributed by atoms with Crippen molar-refractivity contribution in [1.29, 1.82) is 0 Å². The number of carboxylic acid groups (broad SMARTS) is 1. The molecule has 36 heavy (non-hydrogen) atoms. The number of aliphatic carboxylic acids is 1. The first kappa shape index (κ1) is 28.9. The lowest BCUT2D eigenvalue weighted by molar-refractivity contribution is -0.138. The summed E-state index contributed by atoms with van der Waals surface area (Å²) in [7, 11) is 0. The fourth-order valence-corrected chi connectivity index (χ4v) is 4.52. The average Bonchev–Trinajstić information content (AvgIpc) is 3.44. The Kier molecular flexibility index (Phi) is 11.5. The smallest absolute Gasteiger partial charge is 0.407 e.